The van der Waals surface area contributed by atoms with Gasteiger partial charge in [-0.25, -0.2) is 9.18 Å². The fourth-order valence-corrected chi connectivity index (χ4v) is 2.07. The van der Waals surface area contributed by atoms with E-state index < -0.39 is 5.97 Å². The first-order chi connectivity index (χ1) is 7.67. The van der Waals surface area contributed by atoms with Crippen molar-refractivity contribution in [2.75, 3.05) is 7.11 Å². The van der Waals surface area contributed by atoms with E-state index in [9.17, 15) is 9.18 Å². The number of rotatable bonds is 2. The van der Waals surface area contributed by atoms with E-state index in [1.165, 1.54) is 25.3 Å². The fourth-order valence-electron chi connectivity index (χ4n) is 1.51. The summed E-state index contributed by atoms with van der Waals surface area (Å²) >= 11 is 3.24. The number of hydrogen-bond acceptors (Lipinski definition) is 3. The number of benzene rings is 1. The average Bonchev–Trinajstić information content (AvgIpc) is 2.65. The zero-order valence-electron chi connectivity index (χ0n) is 8.42. The highest BCUT2D eigenvalue weighted by atomic mass is 79.9. The molecule has 0 aliphatic heterocycles. The van der Waals surface area contributed by atoms with E-state index in [0.29, 0.717) is 21.9 Å². The molecule has 84 valence electrons. The minimum Gasteiger partial charge on any atom is -0.463 e. The van der Waals surface area contributed by atoms with E-state index in [2.05, 4.69) is 20.7 Å². The maximum absolute atomic E-state index is 13.1. The predicted octanol–water partition coefficient (Wildman–Crippen LogP) is 3.25. The Hall–Kier alpha value is -1.36. The third kappa shape index (κ3) is 1.71. The van der Waals surface area contributed by atoms with Crippen LogP contribution in [0.4, 0.5) is 4.39 Å². The van der Waals surface area contributed by atoms with Gasteiger partial charge < -0.3 is 9.15 Å². The third-order valence-corrected chi connectivity index (χ3v) is 2.82. The van der Waals surface area contributed by atoms with E-state index in [0.717, 1.165) is 0 Å². The van der Waals surface area contributed by atoms with Crippen LogP contribution in [0.15, 0.2) is 22.6 Å². The monoisotopic (exact) mass is 286 g/mol. The van der Waals surface area contributed by atoms with Gasteiger partial charge in [0.15, 0.2) is 0 Å². The summed E-state index contributed by atoms with van der Waals surface area (Å²) in [5.74, 6) is -0.821. The van der Waals surface area contributed by atoms with Gasteiger partial charge in [-0.3, -0.25) is 0 Å². The summed E-state index contributed by atoms with van der Waals surface area (Å²) in [4.78, 5) is 11.4. The van der Waals surface area contributed by atoms with Gasteiger partial charge in [-0.1, -0.05) is 15.9 Å². The minimum atomic E-state index is -0.564. The van der Waals surface area contributed by atoms with Gasteiger partial charge in [-0.15, -0.1) is 0 Å². The van der Waals surface area contributed by atoms with E-state index in [-0.39, 0.29) is 11.6 Å². The smallest absolute Gasteiger partial charge is 0.374 e. The van der Waals surface area contributed by atoms with E-state index in [4.69, 9.17) is 4.42 Å². The molecule has 0 radical (unpaired) electrons. The molecule has 0 aliphatic carbocycles. The number of esters is 1. The van der Waals surface area contributed by atoms with Crippen LogP contribution in [-0.2, 0) is 10.1 Å². The second kappa shape index (κ2) is 4.25. The summed E-state index contributed by atoms with van der Waals surface area (Å²) in [6, 6.07) is 4.11. The van der Waals surface area contributed by atoms with Crippen LogP contribution in [0.5, 0.6) is 0 Å². The van der Waals surface area contributed by atoms with Gasteiger partial charge in [-0.05, 0) is 18.2 Å². The lowest BCUT2D eigenvalue weighted by Gasteiger charge is -1.96. The zero-order chi connectivity index (χ0) is 11.7. The highest BCUT2D eigenvalue weighted by Gasteiger charge is 2.20. The Morgan fingerprint density at radius 1 is 1.56 bits per heavy atom. The van der Waals surface area contributed by atoms with Gasteiger partial charge in [0.1, 0.15) is 11.4 Å². The molecule has 0 saturated heterocycles. The van der Waals surface area contributed by atoms with Gasteiger partial charge >= 0.3 is 5.97 Å². The number of carbonyl (C=O) groups is 1. The van der Waals surface area contributed by atoms with Crippen LogP contribution < -0.4 is 0 Å². The molecule has 0 atom stereocenters. The number of carbonyl (C=O) groups excluding carboxylic acids is 1. The van der Waals surface area contributed by atoms with Crippen molar-refractivity contribution >= 4 is 32.9 Å². The Bertz CT molecular complexity index is 547. The van der Waals surface area contributed by atoms with E-state index >= 15 is 0 Å². The molecule has 0 N–H and O–H groups in total. The second-order valence-electron chi connectivity index (χ2n) is 3.18. The topological polar surface area (TPSA) is 39.4 Å². The minimum absolute atomic E-state index is 0.111. The molecule has 1 aromatic heterocycles. The summed E-state index contributed by atoms with van der Waals surface area (Å²) in [5.41, 5.74) is 1.07. The van der Waals surface area contributed by atoms with Crippen molar-refractivity contribution in [3.05, 3.63) is 35.3 Å². The molecule has 0 saturated carbocycles. The summed E-state index contributed by atoms with van der Waals surface area (Å²) in [7, 11) is 1.27. The maximum atomic E-state index is 13.1. The molecule has 0 aliphatic rings. The zero-order valence-corrected chi connectivity index (χ0v) is 10.0. The first kappa shape index (κ1) is 11.1. The van der Waals surface area contributed by atoms with Gasteiger partial charge in [-0.2, -0.15) is 0 Å². The summed E-state index contributed by atoms with van der Waals surface area (Å²) in [6.07, 6.45) is 0. The predicted molar refractivity (Wildman–Crippen MR) is 60.1 cm³/mol. The summed E-state index contributed by atoms with van der Waals surface area (Å²) < 4.78 is 23.0. The molecule has 0 spiro atoms. The average molecular weight is 287 g/mol. The van der Waals surface area contributed by atoms with Crippen LogP contribution in [-0.4, -0.2) is 13.1 Å². The molecule has 5 heteroatoms. The first-order valence-electron chi connectivity index (χ1n) is 4.52. The van der Waals surface area contributed by atoms with Crippen LogP contribution in [0, 0.1) is 5.82 Å². The molecule has 1 heterocycles. The lowest BCUT2D eigenvalue weighted by atomic mass is 10.1. The Morgan fingerprint density at radius 2 is 2.31 bits per heavy atom. The van der Waals surface area contributed by atoms with Crippen LogP contribution in [0.2, 0.25) is 0 Å². The number of halogens is 2. The fraction of sp³-hybridized carbons (Fsp3) is 0.182. The Morgan fingerprint density at radius 3 is 2.94 bits per heavy atom. The molecule has 2 rings (SSSR count). The Balaban J connectivity index is 2.71. The van der Waals surface area contributed by atoms with Crippen molar-refractivity contribution in [3.8, 4) is 0 Å². The molecule has 3 nitrogen and oxygen atoms in total. The normalized spacial score (nSPS) is 10.7. The number of ether oxygens (including phenoxy) is 1. The van der Waals surface area contributed by atoms with E-state index in [1.54, 1.807) is 0 Å². The molecular weight excluding hydrogens is 279 g/mol. The lowest BCUT2D eigenvalue weighted by Crippen LogP contribution is -2.01. The van der Waals surface area contributed by atoms with Crippen molar-refractivity contribution < 1.29 is 18.3 Å². The first-order valence-corrected chi connectivity index (χ1v) is 5.64. The molecule has 0 unspecified atom stereocenters. The summed E-state index contributed by atoms with van der Waals surface area (Å²) in [6.45, 7) is 0. The van der Waals surface area contributed by atoms with Crippen LogP contribution in [0.25, 0.3) is 11.0 Å². The molecule has 16 heavy (non-hydrogen) atoms. The Labute approximate surface area is 99.3 Å². The van der Waals surface area contributed by atoms with Crippen LogP contribution in [0.3, 0.4) is 0 Å². The molecular formula is C11H8BrFO3. The molecule has 0 fully saturated rings. The van der Waals surface area contributed by atoms with Crippen molar-refractivity contribution in [2.24, 2.45) is 0 Å². The SMILES string of the molecule is COC(=O)c1oc2ccc(F)cc2c1CBr. The quantitative estimate of drug-likeness (QED) is 0.628. The van der Waals surface area contributed by atoms with Crippen molar-refractivity contribution in [2.45, 2.75) is 5.33 Å². The number of fused-ring (bicyclic) bond motifs is 1. The van der Waals surface area contributed by atoms with Gasteiger partial charge in [0.25, 0.3) is 0 Å². The van der Waals surface area contributed by atoms with Gasteiger partial charge in [0, 0.05) is 16.3 Å². The standard InChI is InChI=1S/C11H8BrFO3/c1-15-11(14)10-8(5-12)7-4-6(13)2-3-9(7)16-10/h2-4H,5H2,1H3. The lowest BCUT2D eigenvalue weighted by molar-refractivity contribution is 0.0566. The van der Waals surface area contributed by atoms with Crippen molar-refractivity contribution in [1.29, 1.82) is 0 Å². The van der Waals surface area contributed by atoms with Crippen LogP contribution >= 0.6 is 15.9 Å². The highest BCUT2D eigenvalue weighted by Crippen LogP contribution is 2.28. The van der Waals surface area contributed by atoms with Crippen LogP contribution in [0.1, 0.15) is 16.1 Å². The molecule has 0 bridgehead atoms. The van der Waals surface area contributed by atoms with Gasteiger partial charge in [0.05, 0.1) is 7.11 Å². The molecule has 0 amide bonds. The highest BCUT2D eigenvalue weighted by molar-refractivity contribution is 9.08. The third-order valence-electron chi connectivity index (χ3n) is 2.26. The van der Waals surface area contributed by atoms with Crippen molar-refractivity contribution in [1.82, 2.24) is 0 Å². The van der Waals surface area contributed by atoms with Gasteiger partial charge in [0.2, 0.25) is 5.76 Å². The molecule has 1 aromatic carbocycles. The number of methoxy groups -OCH3 is 1. The largest absolute Gasteiger partial charge is 0.463 e. The second-order valence-corrected chi connectivity index (χ2v) is 3.74. The van der Waals surface area contributed by atoms with E-state index in [1.807, 2.05) is 0 Å². The number of hydrogen-bond donors (Lipinski definition) is 0. The Kier molecular flexibility index (Phi) is 2.96. The maximum Gasteiger partial charge on any atom is 0.374 e. The van der Waals surface area contributed by atoms with Crippen molar-refractivity contribution in [3.63, 3.8) is 0 Å². The summed E-state index contributed by atoms with van der Waals surface area (Å²) in [5, 5.41) is 0.978. The molecule has 2 aromatic rings. The number of furan rings is 1. The number of alkyl halides is 1.